The number of hydrogen-bond acceptors (Lipinski definition) is 2. The van der Waals surface area contributed by atoms with Crippen LogP contribution >= 0.6 is 0 Å². The van der Waals surface area contributed by atoms with E-state index in [-0.39, 0.29) is 0 Å². The van der Waals surface area contributed by atoms with Crippen molar-refractivity contribution >= 4 is 0 Å². The number of rotatable bonds is 7. The van der Waals surface area contributed by atoms with Gasteiger partial charge in [0.25, 0.3) is 0 Å². The van der Waals surface area contributed by atoms with Gasteiger partial charge in [0.2, 0.25) is 0 Å². The summed E-state index contributed by atoms with van der Waals surface area (Å²) in [4.78, 5) is 0. The van der Waals surface area contributed by atoms with Gasteiger partial charge in [-0.2, -0.15) is 0 Å². The van der Waals surface area contributed by atoms with E-state index in [1.54, 1.807) is 0 Å². The zero-order chi connectivity index (χ0) is 15.0. The molecule has 0 radical (unpaired) electrons. The molecule has 0 saturated heterocycles. The van der Waals surface area contributed by atoms with Crippen LogP contribution in [0, 0.1) is 17.3 Å². The molecule has 1 rings (SSSR count). The molecule has 0 heterocycles. The molecule has 20 heavy (non-hydrogen) atoms. The van der Waals surface area contributed by atoms with Crippen molar-refractivity contribution in [1.82, 2.24) is 5.32 Å². The lowest BCUT2D eigenvalue weighted by molar-refractivity contribution is 0.212. The van der Waals surface area contributed by atoms with Gasteiger partial charge in [-0.1, -0.05) is 40.5 Å². The van der Waals surface area contributed by atoms with Crippen LogP contribution in [0.2, 0.25) is 0 Å². The molecule has 3 unspecified atom stereocenters. The van der Waals surface area contributed by atoms with E-state index in [0.717, 1.165) is 18.9 Å². The molecule has 1 aliphatic rings. The number of hydrogen-bond donors (Lipinski definition) is 2. The van der Waals surface area contributed by atoms with E-state index in [9.17, 15) is 0 Å². The summed E-state index contributed by atoms with van der Waals surface area (Å²) in [6.45, 7) is 10.9. The highest BCUT2D eigenvalue weighted by molar-refractivity contribution is 4.81. The lowest BCUT2D eigenvalue weighted by Gasteiger charge is -2.29. The molecule has 120 valence electrons. The maximum Gasteiger partial charge on any atom is 0.0434 e. The van der Waals surface area contributed by atoms with Crippen LogP contribution in [-0.2, 0) is 0 Å². The fourth-order valence-electron chi connectivity index (χ4n) is 3.64. The molecule has 0 bridgehead atoms. The average Bonchev–Trinajstić information content (AvgIpc) is 2.61. The highest BCUT2D eigenvalue weighted by Gasteiger charge is 2.27. The highest BCUT2D eigenvalue weighted by Crippen LogP contribution is 2.36. The summed E-state index contributed by atoms with van der Waals surface area (Å²) >= 11 is 0. The molecule has 0 amide bonds. The predicted molar refractivity (Wildman–Crippen MR) is 87.9 cm³/mol. The summed E-state index contributed by atoms with van der Waals surface area (Å²) in [6, 6.07) is 0.709. The van der Waals surface area contributed by atoms with Gasteiger partial charge in [-0.25, -0.2) is 0 Å². The van der Waals surface area contributed by atoms with Crippen molar-refractivity contribution in [3.05, 3.63) is 0 Å². The molecule has 1 fully saturated rings. The predicted octanol–water partition coefficient (Wildman–Crippen LogP) is 4.37. The quantitative estimate of drug-likeness (QED) is 0.680. The van der Waals surface area contributed by atoms with E-state index in [0.29, 0.717) is 24.0 Å². The Bertz CT molecular complexity index is 240. The summed E-state index contributed by atoms with van der Waals surface area (Å²) in [5.41, 5.74) is 0.469. The third-order valence-electron chi connectivity index (χ3n) is 5.12. The van der Waals surface area contributed by atoms with Crippen LogP contribution in [0.25, 0.3) is 0 Å². The Morgan fingerprint density at radius 1 is 1.10 bits per heavy atom. The van der Waals surface area contributed by atoms with Gasteiger partial charge in [0.05, 0.1) is 0 Å². The number of aliphatic hydroxyl groups is 1. The van der Waals surface area contributed by atoms with Gasteiger partial charge in [-0.05, 0) is 62.3 Å². The van der Waals surface area contributed by atoms with Crippen LogP contribution < -0.4 is 5.32 Å². The van der Waals surface area contributed by atoms with Crippen molar-refractivity contribution in [2.24, 2.45) is 17.3 Å². The number of nitrogens with one attached hydrogen (secondary N) is 1. The Hall–Kier alpha value is -0.0800. The van der Waals surface area contributed by atoms with E-state index >= 15 is 0 Å². The van der Waals surface area contributed by atoms with Crippen molar-refractivity contribution in [3.63, 3.8) is 0 Å². The molecule has 1 saturated carbocycles. The summed E-state index contributed by atoms with van der Waals surface area (Å²) in [7, 11) is 0. The Balaban J connectivity index is 2.34. The molecule has 0 aromatic carbocycles. The van der Waals surface area contributed by atoms with Gasteiger partial charge in [-0.15, -0.1) is 0 Å². The topological polar surface area (TPSA) is 32.3 Å². The van der Waals surface area contributed by atoms with Crippen LogP contribution in [0.3, 0.4) is 0 Å². The largest absolute Gasteiger partial charge is 0.396 e. The third kappa shape index (κ3) is 6.58. The van der Waals surface area contributed by atoms with Crippen molar-refractivity contribution in [3.8, 4) is 0 Å². The monoisotopic (exact) mass is 283 g/mol. The van der Waals surface area contributed by atoms with Crippen LogP contribution in [0.4, 0.5) is 0 Å². The summed E-state index contributed by atoms with van der Waals surface area (Å²) < 4.78 is 0. The molecular formula is C18H37NO. The minimum atomic E-state index is 0.336. The SMILES string of the molecule is CCCC(CCO)CNC1CCCC(C(C)(C)C)CC1. The normalized spacial score (nSPS) is 26.2. The first-order valence-electron chi connectivity index (χ1n) is 8.81. The van der Waals surface area contributed by atoms with Crippen molar-refractivity contribution in [2.75, 3.05) is 13.2 Å². The van der Waals surface area contributed by atoms with Crippen LogP contribution in [0.1, 0.15) is 79.1 Å². The molecule has 3 atom stereocenters. The molecule has 2 N–H and O–H groups in total. The van der Waals surface area contributed by atoms with Gasteiger partial charge in [0, 0.05) is 12.6 Å². The van der Waals surface area contributed by atoms with Crippen LogP contribution in [0.5, 0.6) is 0 Å². The van der Waals surface area contributed by atoms with E-state index in [2.05, 4.69) is 33.0 Å². The average molecular weight is 284 g/mol. The Morgan fingerprint density at radius 2 is 1.85 bits per heavy atom. The lowest BCUT2D eigenvalue weighted by Crippen LogP contribution is -2.33. The fourth-order valence-corrected chi connectivity index (χ4v) is 3.64. The Labute approximate surface area is 126 Å². The van der Waals surface area contributed by atoms with E-state index in [1.165, 1.54) is 44.9 Å². The van der Waals surface area contributed by atoms with Gasteiger partial charge in [0.1, 0.15) is 0 Å². The second-order valence-electron chi connectivity index (χ2n) is 7.84. The molecule has 0 spiro atoms. The minimum Gasteiger partial charge on any atom is -0.396 e. The summed E-state index contributed by atoms with van der Waals surface area (Å²) in [5, 5.41) is 12.9. The summed E-state index contributed by atoms with van der Waals surface area (Å²) in [5.74, 6) is 1.55. The van der Waals surface area contributed by atoms with Crippen molar-refractivity contribution < 1.29 is 5.11 Å². The molecule has 2 heteroatoms. The van der Waals surface area contributed by atoms with Crippen molar-refractivity contribution in [2.45, 2.75) is 85.1 Å². The molecular weight excluding hydrogens is 246 g/mol. The lowest BCUT2D eigenvalue weighted by atomic mass is 9.76. The van der Waals surface area contributed by atoms with Gasteiger partial charge >= 0.3 is 0 Å². The third-order valence-corrected chi connectivity index (χ3v) is 5.12. The molecule has 2 nitrogen and oxygen atoms in total. The van der Waals surface area contributed by atoms with Crippen molar-refractivity contribution in [1.29, 1.82) is 0 Å². The summed E-state index contributed by atoms with van der Waals surface area (Å²) in [6.07, 6.45) is 10.2. The minimum absolute atomic E-state index is 0.336. The van der Waals surface area contributed by atoms with E-state index in [4.69, 9.17) is 5.11 Å². The smallest absolute Gasteiger partial charge is 0.0434 e. The second-order valence-corrected chi connectivity index (χ2v) is 7.84. The molecule has 1 aliphatic carbocycles. The molecule has 0 aliphatic heterocycles. The zero-order valence-electron chi connectivity index (χ0n) is 14.3. The molecule has 0 aromatic heterocycles. The van der Waals surface area contributed by atoms with E-state index in [1.807, 2.05) is 0 Å². The van der Waals surface area contributed by atoms with Gasteiger partial charge in [0.15, 0.2) is 0 Å². The zero-order valence-corrected chi connectivity index (χ0v) is 14.3. The first-order valence-corrected chi connectivity index (χ1v) is 8.81. The van der Waals surface area contributed by atoms with Crippen LogP contribution in [-0.4, -0.2) is 24.3 Å². The second kappa shape index (κ2) is 9.04. The first kappa shape index (κ1) is 18.0. The van der Waals surface area contributed by atoms with Gasteiger partial charge in [-0.3, -0.25) is 0 Å². The van der Waals surface area contributed by atoms with Crippen LogP contribution in [0.15, 0.2) is 0 Å². The number of aliphatic hydroxyl groups excluding tert-OH is 1. The Kier molecular flexibility index (Phi) is 8.13. The van der Waals surface area contributed by atoms with Gasteiger partial charge < -0.3 is 10.4 Å². The highest BCUT2D eigenvalue weighted by atomic mass is 16.3. The maximum atomic E-state index is 9.14. The maximum absolute atomic E-state index is 9.14. The Morgan fingerprint density at radius 3 is 2.45 bits per heavy atom. The standard InChI is InChI=1S/C18H37NO/c1-5-7-15(12-13-20)14-19-17-9-6-8-16(10-11-17)18(2,3)4/h15-17,19-20H,5-14H2,1-4H3. The first-order chi connectivity index (χ1) is 9.47. The molecule has 0 aromatic rings. The van der Waals surface area contributed by atoms with E-state index < -0.39 is 0 Å². The fraction of sp³-hybridized carbons (Fsp3) is 1.00.